The maximum absolute atomic E-state index is 10.2. The van der Waals surface area contributed by atoms with Crippen molar-refractivity contribution in [3.63, 3.8) is 0 Å². The lowest BCUT2D eigenvalue weighted by Gasteiger charge is -2.28. The van der Waals surface area contributed by atoms with Crippen LogP contribution in [0.1, 0.15) is 11.4 Å². The smallest absolute Gasteiger partial charge is 0.208 e. The highest BCUT2D eigenvalue weighted by Gasteiger charge is 2.15. The molecule has 9 heteroatoms. The number of ether oxygens (including phenoxy) is 2. The van der Waals surface area contributed by atoms with Crippen molar-refractivity contribution in [1.29, 1.82) is 0 Å². The van der Waals surface area contributed by atoms with E-state index < -0.39 is 6.10 Å². The SMILES string of the molecule is Cc1nc(SCCNCc2cccc(OCC(O)CN3CCOCC3)c2)n[nH]1. The number of thioether (sulfide) groups is 1. The van der Waals surface area contributed by atoms with Crippen molar-refractivity contribution in [3.05, 3.63) is 35.7 Å². The van der Waals surface area contributed by atoms with Crippen molar-refractivity contribution < 1.29 is 14.6 Å². The molecule has 0 bridgehead atoms. The maximum atomic E-state index is 10.2. The van der Waals surface area contributed by atoms with E-state index in [1.54, 1.807) is 11.8 Å². The lowest BCUT2D eigenvalue weighted by atomic mass is 10.2. The molecule has 1 saturated heterocycles. The Kier molecular flexibility index (Phi) is 8.56. The van der Waals surface area contributed by atoms with E-state index >= 15 is 0 Å². The summed E-state index contributed by atoms with van der Waals surface area (Å²) in [6.45, 7) is 7.64. The van der Waals surface area contributed by atoms with E-state index in [0.717, 1.165) is 67.4 Å². The van der Waals surface area contributed by atoms with Crippen LogP contribution in [0.25, 0.3) is 0 Å². The molecule has 3 N–H and O–H groups in total. The van der Waals surface area contributed by atoms with Crippen LogP contribution in [0.3, 0.4) is 0 Å². The molecule has 1 atom stereocenters. The zero-order valence-corrected chi connectivity index (χ0v) is 17.1. The molecular formula is C19H29N5O3S. The minimum atomic E-state index is -0.504. The number of aliphatic hydroxyl groups is 1. The van der Waals surface area contributed by atoms with Crippen LogP contribution in [-0.2, 0) is 11.3 Å². The largest absolute Gasteiger partial charge is 0.491 e. The Labute approximate surface area is 170 Å². The fourth-order valence-electron chi connectivity index (χ4n) is 2.91. The minimum Gasteiger partial charge on any atom is -0.491 e. The zero-order chi connectivity index (χ0) is 19.6. The lowest BCUT2D eigenvalue weighted by molar-refractivity contribution is 0.00465. The van der Waals surface area contributed by atoms with Crippen LogP contribution in [0.2, 0.25) is 0 Å². The van der Waals surface area contributed by atoms with Gasteiger partial charge in [0.15, 0.2) is 0 Å². The first-order chi connectivity index (χ1) is 13.7. The number of nitrogens with one attached hydrogen (secondary N) is 2. The van der Waals surface area contributed by atoms with Crippen LogP contribution in [0.15, 0.2) is 29.4 Å². The first-order valence-electron chi connectivity index (χ1n) is 9.61. The summed E-state index contributed by atoms with van der Waals surface area (Å²) >= 11 is 1.62. The molecule has 0 aliphatic carbocycles. The van der Waals surface area contributed by atoms with Gasteiger partial charge in [0.05, 0.1) is 13.2 Å². The van der Waals surface area contributed by atoms with E-state index in [4.69, 9.17) is 9.47 Å². The molecule has 1 aliphatic heterocycles. The van der Waals surface area contributed by atoms with Gasteiger partial charge in [0, 0.05) is 38.5 Å². The molecule has 0 amide bonds. The number of aromatic amines is 1. The molecule has 8 nitrogen and oxygen atoms in total. The van der Waals surface area contributed by atoms with E-state index in [0.29, 0.717) is 13.2 Å². The summed E-state index contributed by atoms with van der Waals surface area (Å²) in [4.78, 5) is 6.48. The molecule has 0 saturated carbocycles. The molecular weight excluding hydrogens is 378 g/mol. The molecule has 1 aliphatic rings. The Morgan fingerprint density at radius 1 is 1.39 bits per heavy atom. The number of hydrogen-bond acceptors (Lipinski definition) is 8. The average Bonchev–Trinajstić information content (AvgIpc) is 3.12. The Hall–Kier alpha value is -1.65. The molecule has 28 heavy (non-hydrogen) atoms. The van der Waals surface area contributed by atoms with Gasteiger partial charge in [-0.1, -0.05) is 23.9 Å². The zero-order valence-electron chi connectivity index (χ0n) is 16.3. The highest BCUT2D eigenvalue weighted by molar-refractivity contribution is 7.99. The number of hydrogen-bond donors (Lipinski definition) is 3. The van der Waals surface area contributed by atoms with Crippen molar-refractivity contribution >= 4 is 11.8 Å². The quantitative estimate of drug-likeness (QED) is 0.376. The Bertz CT molecular complexity index is 708. The molecule has 1 unspecified atom stereocenters. The van der Waals surface area contributed by atoms with Crippen LogP contribution < -0.4 is 10.1 Å². The van der Waals surface area contributed by atoms with Crippen molar-refractivity contribution in [1.82, 2.24) is 25.4 Å². The highest BCUT2D eigenvalue weighted by atomic mass is 32.2. The fraction of sp³-hybridized carbons (Fsp3) is 0.579. The van der Waals surface area contributed by atoms with Crippen LogP contribution in [0.5, 0.6) is 5.75 Å². The first-order valence-corrected chi connectivity index (χ1v) is 10.6. The molecule has 1 aromatic heterocycles. The second kappa shape index (κ2) is 11.4. The Morgan fingerprint density at radius 2 is 2.25 bits per heavy atom. The number of H-pyrrole nitrogens is 1. The minimum absolute atomic E-state index is 0.293. The number of aromatic nitrogens is 3. The van der Waals surface area contributed by atoms with Gasteiger partial charge in [-0.15, -0.1) is 5.10 Å². The lowest BCUT2D eigenvalue weighted by Crippen LogP contribution is -2.42. The molecule has 2 aromatic rings. The van der Waals surface area contributed by atoms with E-state index in [1.807, 2.05) is 25.1 Å². The standard InChI is InChI=1S/C19H29N5O3S/c1-15-21-19(23-22-15)28-10-5-20-12-16-3-2-4-18(11-16)27-14-17(25)13-24-6-8-26-9-7-24/h2-4,11,17,20,25H,5-10,12-14H2,1H3,(H,21,22,23). The Balaban J connectivity index is 1.32. The van der Waals surface area contributed by atoms with Gasteiger partial charge in [0.25, 0.3) is 0 Å². The number of aliphatic hydroxyl groups excluding tert-OH is 1. The van der Waals surface area contributed by atoms with Crippen LogP contribution in [0, 0.1) is 6.92 Å². The predicted molar refractivity (Wildman–Crippen MR) is 109 cm³/mol. The summed E-state index contributed by atoms with van der Waals surface area (Å²) in [5.74, 6) is 2.52. The molecule has 1 aromatic carbocycles. The third-order valence-corrected chi connectivity index (χ3v) is 5.18. The van der Waals surface area contributed by atoms with Crippen molar-refractivity contribution in [2.75, 3.05) is 51.8 Å². The Morgan fingerprint density at radius 3 is 3.04 bits per heavy atom. The topological polar surface area (TPSA) is 95.5 Å². The summed E-state index contributed by atoms with van der Waals surface area (Å²) in [7, 11) is 0. The molecule has 1 fully saturated rings. The number of β-amino-alcohol motifs (C(OH)–C–C–N with tert-alkyl or cyclic N) is 1. The summed E-state index contributed by atoms with van der Waals surface area (Å²) in [5.41, 5.74) is 1.15. The third kappa shape index (κ3) is 7.40. The van der Waals surface area contributed by atoms with Gasteiger partial charge in [-0.25, -0.2) is 4.98 Å². The number of rotatable bonds is 11. The normalized spacial score (nSPS) is 16.2. The van der Waals surface area contributed by atoms with Gasteiger partial charge in [-0.3, -0.25) is 10.00 Å². The van der Waals surface area contributed by atoms with Crippen LogP contribution in [-0.4, -0.2) is 83.0 Å². The second-order valence-electron chi connectivity index (χ2n) is 6.75. The summed E-state index contributed by atoms with van der Waals surface area (Å²) in [5, 5.41) is 21.3. The van der Waals surface area contributed by atoms with Gasteiger partial charge in [-0.2, -0.15) is 0 Å². The van der Waals surface area contributed by atoms with Crippen LogP contribution in [0.4, 0.5) is 0 Å². The predicted octanol–water partition coefficient (Wildman–Crippen LogP) is 1.07. The van der Waals surface area contributed by atoms with Crippen molar-refractivity contribution in [3.8, 4) is 5.75 Å². The summed E-state index contributed by atoms with van der Waals surface area (Å²) in [6, 6.07) is 7.98. The number of benzene rings is 1. The van der Waals surface area contributed by atoms with Crippen molar-refractivity contribution in [2.45, 2.75) is 24.7 Å². The molecule has 0 radical (unpaired) electrons. The maximum Gasteiger partial charge on any atom is 0.208 e. The third-order valence-electron chi connectivity index (χ3n) is 4.33. The summed E-state index contributed by atoms with van der Waals surface area (Å²) in [6.07, 6.45) is -0.504. The van der Waals surface area contributed by atoms with Gasteiger partial charge in [-0.05, 0) is 24.6 Å². The van der Waals surface area contributed by atoms with Crippen molar-refractivity contribution in [2.24, 2.45) is 0 Å². The molecule has 154 valence electrons. The van der Waals surface area contributed by atoms with Gasteiger partial charge in [0.2, 0.25) is 5.16 Å². The molecule has 3 rings (SSSR count). The fourth-order valence-corrected chi connectivity index (χ4v) is 3.65. The van der Waals surface area contributed by atoms with Gasteiger partial charge in [0.1, 0.15) is 24.3 Å². The van der Waals surface area contributed by atoms with E-state index in [2.05, 4.69) is 31.5 Å². The number of nitrogens with zero attached hydrogens (tertiary/aromatic N) is 3. The van der Waals surface area contributed by atoms with E-state index in [9.17, 15) is 5.11 Å². The highest BCUT2D eigenvalue weighted by Crippen LogP contribution is 2.14. The summed E-state index contributed by atoms with van der Waals surface area (Å²) < 4.78 is 11.1. The second-order valence-corrected chi connectivity index (χ2v) is 7.82. The first kappa shape index (κ1) is 21.1. The number of morpholine rings is 1. The monoisotopic (exact) mass is 407 g/mol. The van der Waals surface area contributed by atoms with Gasteiger partial charge >= 0.3 is 0 Å². The van der Waals surface area contributed by atoms with Gasteiger partial charge < -0.3 is 19.9 Å². The molecule has 0 spiro atoms. The van der Waals surface area contributed by atoms with E-state index in [-0.39, 0.29) is 0 Å². The number of aryl methyl sites for hydroxylation is 1. The average molecular weight is 408 g/mol. The van der Waals surface area contributed by atoms with Crippen LogP contribution >= 0.6 is 11.8 Å². The molecule has 2 heterocycles. The van der Waals surface area contributed by atoms with E-state index in [1.165, 1.54) is 0 Å².